The second kappa shape index (κ2) is 57.8. The number of phosphoric ester groups is 2. The van der Waals surface area contributed by atoms with E-state index in [0.717, 1.165) is 102 Å². The van der Waals surface area contributed by atoms with Crippen LogP contribution in [0.25, 0.3) is 0 Å². The van der Waals surface area contributed by atoms with Crippen LogP contribution in [0, 0.1) is 5.92 Å². The first-order chi connectivity index (χ1) is 40.0. The van der Waals surface area contributed by atoms with Gasteiger partial charge in [0.05, 0.1) is 26.4 Å². The van der Waals surface area contributed by atoms with Crippen molar-refractivity contribution in [2.75, 3.05) is 39.6 Å². The summed E-state index contributed by atoms with van der Waals surface area (Å²) in [5.74, 6) is -1.42. The molecule has 0 spiro atoms. The maximum absolute atomic E-state index is 13.0. The number of aliphatic hydroxyl groups is 1. The van der Waals surface area contributed by atoms with E-state index in [-0.39, 0.29) is 25.7 Å². The third kappa shape index (κ3) is 58.8. The van der Waals surface area contributed by atoms with E-state index in [0.29, 0.717) is 25.7 Å². The molecule has 0 aliphatic carbocycles. The Hall–Kier alpha value is -1.94. The smallest absolute Gasteiger partial charge is 0.462 e. The lowest BCUT2D eigenvalue weighted by Crippen LogP contribution is -2.30. The molecule has 83 heavy (non-hydrogen) atoms. The highest BCUT2D eigenvalue weighted by atomic mass is 31.2. The molecule has 0 saturated heterocycles. The SMILES string of the molecule is CCCCCCCCCCCCCCCCCCCCC(=O)O[C@H](COC(=O)CCCCCCCCCCC(C)C)COP(=O)(O)OC[C@@H](O)COP(=O)(O)OC[C@@H](COC(=O)CCCCCCC)OC(=O)CCCCCCCCCCC. The molecule has 2 unspecified atom stereocenters. The molecule has 492 valence electrons. The maximum Gasteiger partial charge on any atom is 0.472 e. The second-order valence-electron chi connectivity index (χ2n) is 23.6. The Bertz CT molecular complexity index is 1620. The molecule has 19 heteroatoms. The van der Waals surface area contributed by atoms with Crippen molar-refractivity contribution in [2.24, 2.45) is 5.92 Å². The molecule has 0 radical (unpaired) electrons. The van der Waals surface area contributed by atoms with Gasteiger partial charge in [0, 0.05) is 25.7 Å². The molecule has 0 aliphatic heterocycles. The number of carbonyl (C=O) groups is 4. The molecule has 0 aromatic rings. The zero-order valence-electron chi connectivity index (χ0n) is 53.3. The summed E-state index contributed by atoms with van der Waals surface area (Å²) in [5.41, 5.74) is 0. The number of hydrogen-bond acceptors (Lipinski definition) is 15. The van der Waals surface area contributed by atoms with Crippen molar-refractivity contribution in [1.29, 1.82) is 0 Å². The summed E-state index contributed by atoms with van der Waals surface area (Å²) in [6.07, 6.45) is 42.2. The Balaban J connectivity index is 5.13. The van der Waals surface area contributed by atoms with Gasteiger partial charge in [-0.15, -0.1) is 0 Å². The Morgan fingerprint density at radius 2 is 0.554 bits per heavy atom. The molecule has 0 amide bonds. The summed E-state index contributed by atoms with van der Waals surface area (Å²) in [4.78, 5) is 71.9. The van der Waals surface area contributed by atoms with Crippen LogP contribution in [-0.4, -0.2) is 96.7 Å². The third-order valence-electron chi connectivity index (χ3n) is 14.8. The number of phosphoric acid groups is 2. The van der Waals surface area contributed by atoms with Gasteiger partial charge in [0.2, 0.25) is 0 Å². The topological polar surface area (TPSA) is 237 Å². The molecule has 0 saturated carbocycles. The van der Waals surface area contributed by atoms with E-state index in [1.54, 1.807) is 0 Å². The number of carbonyl (C=O) groups excluding carboxylic acids is 4. The molecule has 0 fully saturated rings. The lowest BCUT2D eigenvalue weighted by molar-refractivity contribution is -0.161. The van der Waals surface area contributed by atoms with Crippen molar-refractivity contribution in [3.8, 4) is 0 Å². The van der Waals surface area contributed by atoms with Crippen LogP contribution in [0.15, 0.2) is 0 Å². The lowest BCUT2D eigenvalue weighted by Gasteiger charge is -2.21. The number of rotatable bonds is 64. The van der Waals surface area contributed by atoms with Gasteiger partial charge in [-0.25, -0.2) is 9.13 Å². The van der Waals surface area contributed by atoms with Crippen LogP contribution in [0.3, 0.4) is 0 Å². The summed E-state index contributed by atoms with van der Waals surface area (Å²) >= 11 is 0. The summed E-state index contributed by atoms with van der Waals surface area (Å²) in [6.45, 7) is 7.06. The van der Waals surface area contributed by atoms with Gasteiger partial charge in [0.15, 0.2) is 12.2 Å². The van der Waals surface area contributed by atoms with Crippen molar-refractivity contribution in [3.63, 3.8) is 0 Å². The fourth-order valence-electron chi connectivity index (χ4n) is 9.58. The van der Waals surface area contributed by atoms with Gasteiger partial charge in [-0.3, -0.25) is 37.3 Å². The molecular weight excluding hydrogens is 1100 g/mol. The highest BCUT2D eigenvalue weighted by molar-refractivity contribution is 7.47. The monoisotopic (exact) mass is 1230 g/mol. The van der Waals surface area contributed by atoms with Gasteiger partial charge in [0.1, 0.15) is 19.3 Å². The minimum absolute atomic E-state index is 0.105. The minimum atomic E-state index is -4.94. The number of aliphatic hydroxyl groups excluding tert-OH is 1. The fourth-order valence-corrected chi connectivity index (χ4v) is 11.2. The molecule has 5 atom stereocenters. The van der Waals surface area contributed by atoms with Crippen LogP contribution < -0.4 is 0 Å². The number of esters is 4. The van der Waals surface area contributed by atoms with Crippen LogP contribution in [0.2, 0.25) is 0 Å². The van der Waals surface area contributed by atoms with E-state index in [2.05, 4.69) is 34.6 Å². The van der Waals surface area contributed by atoms with Crippen LogP contribution in [-0.2, 0) is 65.4 Å². The van der Waals surface area contributed by atoms with Crippen molar-refractivity contribution in [2.45, 2.75) is 342 Å². The van der Waals surface area contributed by atoms with Crippen molar-refractivity contribution >= 4 is 39.5 Å². The van der Waals surface area contributed by atoms with Crippen molar-refractivity contribution in [3.05, 3.63) is 0 Å². The first-order valence-corrected chi connectivity index (χ1v) is 36.6. The highest BCUT2D eigenvalue weighted by Gasteiger charge is 2.30. The largest absolute Gasteiger partial charge is 0.472 e. The van der Waals surface area contributed by atoms with Gasteiger partial charge in [-0.2, -0.15) is 0 Å². The molecule has 0 aliphatic rings. The van der Waals surface area contributed by atoms with Crippen molar-refractivity contribution in [1.82, 2.24) is 0 Å². The Labute approximate surface area is 505 Å². The molecule has 0 rings (SSSR count). The highest BCUT2D eigenvalue weighted by Crippen LogP contribution is 2.45. The van der Waals surface area contributed by atoms with Crippen LogP contribution in [0.4, 0.5) is 0 Å². The lowest BCUT2D eigenvalue weighted by atomic mass is 10.0. The van der Waals surface area contributed by atoms with Crippen LogP contribution >= 0.6 is 15.6 Å². The van der Waals surface area contributed by atoms with Gasteiger partial charge in [0.25, 0.3) is 0 Å². The van der Waals surface area contributed by atoms with Crippen molar-refractivity contribution < 1.29 is 80.2 Å². The van der Waals surface area contributed by atoms with E-state index in [9.17, 15) is 43.2 Å². The van der Waals surface area contributed by atoms with E-state index >= 15 is 0 Å². The molecule has 0 bridgehead atoms. The molecule has 3 N–H and O–H groups in total. The molecule has 17 nitrogen and oxygen atoms in total. The Kier molecular flexibility index (Phi) is 56.4. The van der Waals surface area contributed by atoms with E-state index in [4.69, 9.17) is 37.0 Å². The summed E-state index contributed by atoms with van der Waals surface area (Å²) in [5, 5.41) is 10.5. The minimum Gasteiger partial charge on any atom is -0.462 e. The Morgan fingerprint density at radius 3 is 0.819 bits per heavy atom. The molecular formula is C64H124O17P2. The number of hydrogen-bond donors (Lipinski definition) is 3. The number of unbranched alkanes of at least 4 members (excludes halogenated alkanes) is 36. The number of ether oxygens (including phenoxy) is 4. The normalized spacial score (nSPS) is 14.2. The zero-order chi connectivity index (χ0) is 61.3. The van der Waals surface area contributed by atoms with E-state index in [1.807, 2.05) is 0 Å². The van der Waals surface area contributed by atoms with E-state index in [1.165, 1.54) is 141 Å². The van der Waals surface area contributed by atoms with Gasteiger partial charge in [-0.1, -0.05) is 272 Å². The standard InChI is InChI=1S/C64H124O17P2/c1-6-9-12-15-17-19-20-21-22-23-24-25-26-27-29-35-40-45-50-64(69)81-60(54-75-62(67)48-43-38-33-31-30-32-37-41-46-57(4)5)56-79-83(72,73)77-52-58(65)51-76-82(70,71)78-55-59(53-74-61(66)47-42-36-14-11-8-3)80-63(68)49-44-39-34-28-18-16-13-10-7-2/h57-60,65H,6-56H2,1-5H3,(H,70,71)(H,72,73)/t58-,59+,60+/m0/s1. The zero-order valence-corrected chi connectivity index (χ0v) is 55.1. The quantitative estimate of drug-likeness (QED) is 0.0222. The first kappa shape index (κ1) is 81.1. The Morgan fingerprint density at radius 1 is 0.325 bits per heavy atom. The van der Waals surface area contributed by atoms with Gasteiger partial charge in [-0.05, 0) is 31.6 Å². The fraction of sp³-hybridized carbons (Fsp3) is 0.938. The van der Waals surface area contributed by atoms with Gasteiger partial charge >= 0.3 is 39.5 Å². The molecule has 0 heterocycles. The average molecular weight is 1230 g/mol. The summed E-state index contributed by atoms with van der Waals surface area (Å²) in [6, 6.07) is 0. The summed E-state index contributed by atoms with van der Waals surface area (Å²) in [7, 11) is -9.87. The predicted octanol–water partition coefficient (Wildman–Crippen LogP) is 17.8. The predicted molar refractivity (Wildman–Crippen MR) is 331 cm³/mol. The molecule has 0 aromatic heterocycles. The third-order valence-corrected chi connectivity index (χ3v) is 16.7. The first-order valence-electron chi connectivity index (χ1n) is 33.6. The molecule has 0 aromatic carbocycles. The summed E-state index contributed by atoms with van der Waals surface area (Å²) < 4.78 is 67.8. The average Bonchev–Trinajstić information content (AvgIpc) is 3.48. The van der Waals surface area contributed by atoms with Crippen LogP contribution in [0.1, 0.15) is 324 Å². The van der Waals surface area contributed by atoms with Gasteiger partial charge < -0.3 is 33.8 Å². The van der Waals surface area contributed by atoms with Crippen LogP contribution in [0.5, 0.6) is 0 Å². The van der Waals surface area contributed by atoms with E-state index < -0.39 is 97.5 Å². The maximum atomic E-state index is 13.0. The second-order valence-corrected chi connectivity index (χ2v) is 26.5.